The standard InChI is InChI=1S/C13H16O3/c14-13-12(7-9-16-13)6-8-15-10-11-4-2-1-3-5-11/h1-5,12H,6-10H2/t12-/m1/s1. The van der Waals surface area contributed by atoms with Crippen molar-refractivity contribution in [3.05, 3.63) is 35.9 Å². The van der Waals surface area contributed by atoms with Gasteiger partial charge in [-0.1, -0.05) is 30.3 Å². The summed E-state index contributed by atoms with van der Waals surface area (Å²) in [5, 5.41) is 0. The normalized spacial score (nSPS) is 19.8. The van der Waals surface area contributed by atoms with Gasteiger partial charge in [-0.25, -0.2) is 0 Å². The van der Waals surface area contributed by atoms with Crippen LogP contribution in [-0.4, -0.2) is 19.2 Å². The number of ether oxygens (including phenoxy) is 2. The molecule has 0 bridgehead atoms. The molecule has 0 aliphatic carbocycles. The average molecular weight is 220 g/mol. The molecular formula is C13H16O3. The van der Waals surface area contributed by atoms with Crippen LogP contribution < -0.4 is 0 Å². The van der Waals surface area contributed by atoms with Crippen LogP contribution >= 0.6 is 0 Å². The first kappa shape index (κ1) is 11.1. The van der Waals surface area contributed by atoms with Crippen LogP contribution in [0, 0.1) is 5.92 Å². The molecule has 86 valence electrons. The molecule has 0 radical (unpaired) electrons. The fourth-order valence-corrected chi connectivity index (χ4v) is 1.79. The minimum absolute atomic E-state index is 0.0516. The van der Waals surface area contributed by atoms with E-state index in [2.05, 4.69) is 0 Å². The number of carbonyl (C=O) groups is 1. The second-order valence-electron chi connectivity index (χ2n) is 3.98. The molecule has 0 N–H and O–H groups in total. The summed E-state index contributed by atoms with van der Waals surface area (Å²) >= 11 is 0. The zero-order valence-corrected chi connectivity index (χ0v) is 9.22. The van der Waals surface area contributed by atoms with Gasteiger partial charge in [-0.15, -0.1) is 0 Å². The molecule has 1 aromatic rings. The summed E-state index contributed by atoms with van der Waals surface area (Å²) in [5.41, 5.74) is 1.16. The summed E-state index contributed by atoms with van der Waals surface area (Å²) in [6.45, 7) is 1.81. The maximum Gasteiger partial charge on any atom is 0.309 e. The average Bonchev–Trinajstić information content (AvgIpc) is 2.72. The van der Waals surface area contributed by atoms with Crippen LogP contribution in [0.4, 0.5) is 0 Å². The van der Waals surface area contributed by atoms with Gasteiger partial charge in [0.15, 0.2) is 0 Å². The Bertz CT molecular complexity index is 334. The topological polar surface area (TPSA) is 35.5 Å². The Hall–Kier alpha value is -1.35. The number of rotatable bonds is 5. The lowest BCUT2D eigenvalue weighted by molar-refractivity contribution is -0.141. The van der Waals surface area contributed by atoms with Gasteiger partial charge in [-0.2, -0.15) is 0 Å². The van der Waals surface area contributed by atoms with Crippen LogP contribution in [0.1, 0.15) is 18.4 Å². The number of esters is 1. The summed E-state index contributed by atoms with van der Waals surface area (Å²) in [7, 11) is 0. The van der Waals surface area contributed by atoms with Crippen LogP contribution in [0.3, 0.4) is 0 Å². The Labute approximate surface area is 95.4 Å². The van der Waals surface area contributed by atoms with Gasteiger partial charge in [0, 0.05) is 6.61 Å². The SMILES string of the molecule is O=C1OCC[C@H]1CCOCc1ccccc1. The fourth-order valence-electron chi connectivity index (χ4n) is 1.79. The van der Waals surface area contributed by atoms with Gasteiger partial charge in [0.25, 0.3) is 0 Å². The van der Waals surface area contributed by atoms with Crippen molar-refractivity contribution in [1.82, 2.24) is 0 Å². The first-order valence-electron chi connectivity index (χ1n) is 5.64. The minimum Gasteiger partial charge on any atom is -0.465 e. The molecule has 0 amide bonds. The third-order valence-electron chi connectivity index (χ3n) is 2.77. The molecule has 2 rings (SSSR count). The van der Waals surface area contributed by atoms with E-state index in [9.17, 15) is 4.79 Å². The van der Waals surface area contributed by atoms with Crippen molar-refractivity contribution >= 4 is 5.97 Å². The zero-order valence-electron chi connectivity index (χ0n) is 9.22. The zero-order chi connectivity index (χ0) is 11.2. The molecule has 16 heavy (non-hydrogen) atoms. The third kappa shape index (κ3) is 3.07. The van der Waals surface area contributed by atoms with E-state index in [0.717, 1.165) is 18.4 Å². The Morgan fingerprint density at radius 3 is 2.81 bits per heavy atom. The van der Waals surface area contributed by atoms with E-state index < -0.39 is 0 Å². The predicted molar refractivity (Wildman–Crippen MR) is 59.8 cm³/mol. The summed E-state index contributed by atoms with van der Waals surface area (Å²) in [4.78, 5) is 11.2. The van der Waals surface area contributed by atoms with Crippen LogP contribution in [0.2, 0.25) is 0 Å². The van der Waals surface area contributed by atoms with Crippen LogP contribution in [-0.2, 0) is 20.9 Å². The van der Waals surface area contributed by atoms with Crippen LogP contribution in [0.5, 0.6) is 0 Å². The molecule has 1 aromatic carbocycles. The third-order valence-corrected chi connectivity index (χ3v) is 2.77. The highest BCUT2D eigenvalue weighted by molar-refractivity contribution is 5.74. The molecule has 3 heteroatoms. The lowest BCUT2D eigenvalue weighted by Gasteiger charge is -2.06. The first-order chi connectivity index (χ1) is 7.86. The van der Waals surface area contributed by atoms with Crippen molar-refractivity contribution in [2.24, 2.45) is 5.92 Å². The molecule has 0 saturated carbocycles. The van der Waals surface area contributed by atoms with Crippen molar-refractivity contribution in [2.75, 3.05) is 13.2 Å². The van der Waals surface area contributed by atoms with E-state index >= 15 is 0 Å². The maximum atomic E-state index is 11.2. The molecule has 0 spiro atoms. The van der Waals surface area contributed by atoms with E-state index in [-0.39, 0.29) is 11.9 Å². The summed E-state index contributed by atoms with van der Waals surface area (Å²) in [6, 6.07) is 10.0. The minimum atomic E-state index is -0.0664. The van der Waals surface area contributed by atoms with Crippen molar-refractivity contribution in [2.45, 2.75) is 19.4 Å². The molecular weight excluding hydrogens is 204 g/mol. The van der Waals surface area contributed by atoms with E-state index in [1.165, 1.54) is 0 Å². The Kier molecular flexibility index (Phi) is 3.94. The highest BCUT2D eigenvalue weighted by atomic mass is 16.5. The Morgan fingerprint density at radius 2 is 2.12 bits per heavy atom. The van der Waals surface area contributed by atoms with Gasteiger partial charge in [-0.05, 0) is 18.4 Å². The molecule has 1 aliphatic rings. The van der Waals surface area contributed by atoms with Gasteiger partial charge >= 0.3 is 5.97 Å². The Morgan fingerprint density at radius 1 is 1.31 bits per heavy atom. The van der Waals surface area contributed by atoms with Crippen molar-refractivity contribution in [3.63, 3.8) is 0 Å². The lowest BCUT2D eigenvalue weighted by atomic mass is 10.1. The van der Waals surface area contributed by atoms with Gasteiger partial charge in [-0.3, -0.25) is 4.79 Å². The second-order valence-corrected chi connectivity index (χ2v) is 3.98. The van der Waals surface area contributed by atoms with E-state index in [4.69, 9.17) is 9.47 Å². The smallest absolute Gasteiger partial charge is 0.309 e. The molecule has 1 heterocycles. The van der Waals surface area contributed by atoms with Crippen LogP contribution in [0.15, 0.2) is 30.3 Å². The van der Waals surface area contributed by atoms with Gasteiger partial charge in [0.2, 0.25) is 0 Å². The molecule has 1 fully saturated rings. The number of hydrogen-bond donors (Lipinski definition) is 0. The molecule has 0 aromatic heterocycles. The van der Waals surface area contributed by atoms with Gasteiger partial charge < -0.3 is 9.47 Å². The molecule has 3 nitrogen and oxygen atoms in total. The second kappa shape index (κ2) is 5.66. The highest BCUT2D eigenvalue weighted by Gasteiger charge is 2.25. The summed E-state index contributed by atoms with van der Waals surface area (Å²) in [6.07, 6.45) is 1.61. The van der Waals surface area contributed by atoms with Gasteiger partial charge in [0.05, 0.1) is 19.1 Å². The lowest BCUT2D eigenvalue weighted by Crippen LogP contribution is -2.10. The Balaban J connectivity index is 1.64. The van der Waals surface area contributed by atoms with E-state index in [0.29, 0.717) is 19.8 Å². The number of benzene rings is 1. The quantitative estimate of drug-likeness (QED) is 0.563. The maximum absolute atomic E-state index is 11.2. The van der Waals surface area contributed by atoms with Crippen molar-refractivity contribution in [1.29, 1.82) is 0 Å². The van der Waals surface area contributed by atoms with E-state index in [1.807, 2.05) is 30.3 Å². The molecule has 1 saturated heterocycles. The first-order valence-corrected chi connectivity index (χ1v) is 5.64. The summed E-state index contributed by atoms with van der Waals surface area (Å²) < 4.78 is 10.4. The van der Waals surface area contributed by atoms with Crippen molar-refractivity contribution in [3.8, 4) is 0 Å². The van der Waals surface area contributed by atoms with E-state index in [1.54, 1.807) is 0 Å². The summed E-state index contributed by atoms with van der Waals surface area (Å²) in [5.74, 6) is -0.0147. The number of hydrogen-bond acceptors (Lipinski definition) is 3. The fraction of sp³-hybridized carbons (Fsp3) is 0.462. The van der Waals surface area contributed by atoms with Gasteiger partial charge in [0.1, 0.15) is 0 Å². The number of carbonyl (C=O) groups excluding carboxylic acids is 1. The molecule has 1 atom stereocenters. The van der Waals surface area contributed by atoms with Crippen LogP contribution in [0.25, 0.3) is 0 Å². The number of cyclic esters (lactones) is 1. The van der Waals surface area contributed by atoms with Crippen molar-refractivity contribution < 1.29 is 14.3 Å². The predicted octanol–water partition coefficient (Wildman–Crippen LogP) is 2.16. The highest BCUT2D eigenvalue weighted by Crippen LogP contribution is 2.18. The molecule has 0 unspecified atom stereocenters. The largest absolute Gasteiger partial charge is 0.465 e. The molecule has 1 aliphatic heterocycles. The monoisotopic (exact) mass is 220 g/mol.